The van der Waals surface area contributed by atoms with Gasteiger partial charge < -0.3 is 15.4 Å². The van der Waals surface area contributed by atoms with Gasteiger partial charge in [-0.2, -0.15) is 0 Å². The Balaban J connectivity index is 0.00000338. The van der Waals surface area contributed by atoms with Crippen LogP contribution in [0.3, 0.4) is 0 Å². The molecule has 2 aromatic carbocycles. The van der Waals surface area contributed by atoms with Crippen molar-refractivity contribution in [1.29, 1.82) is 0 Å². The second-order valence-electron chi connectivity index (χ2n) is 6.50. The van der Waals surface area contributed by atoms with Crippen molar-refractivity contribution < 1.29 is 9.13 Å². The fourth-order valence-corrected chi connectivity index (χ4v) is 2.52. The molecule has 2 rings (SSSR count). The number of halogens is 2. The van der Waals surface area contributed by atoms with Crippen LogP contribution in [0.4, 0.5) is 4.39 Å². The second-order valence-corrected chi connectivity index (χ2v) is 6.50. The highest BCUT2D eigenvalue weighted by Crippen LogP contribution is 2.21. The zero-order valence-electron chi connectivity index (χ0n) is 15.7. The van der Waals surface area contributed by atoms with Gasteiger partial charge in [-0.1, -0.05) is 50.2 Å². The number of methoxy groups -OCH3 is 1. The van der Waals surface area contributed by atoms with Crippen molar-refractivity contribution in [2.45, 2.75) is 25.8 Å². The van der Waals surface area contributed by atoms with Crippen molar-refractivity contribution in [3.05, 3.63) is 65.5 Å². The fourth-order valence-electron chi connectivity index (χ4n) is 2.52. The molecule has 0 saturated heterocycles. The van der Waals surface area contributed by atoms with Crippen molar-refractivity contribution in [1.82, 2.24) is 10.6 Å². The van der Waals surface area contributed by atoms with Crippen LogP contribution in [0, 0.1) is 5.82 Å². The Morgan fingerprint density at radius 1 is 1.12 bits per heavy atom. The maximum atomic E-state index is 13.8. The van der Waals surface area contributed by atoms with Gasteiger partial charge in [-0.05, 0) is 23.3 Å². The summed E-state index contributed by atoms with van der Waals surface area (Å²) in [5.41, 5.74) is 2.05. The van der Waals surface area contributed by atoms with Gasteiger partial charge >= 0.3 is 0 Å². The molecule has 6 heteroatoms. The highest BCUT2D eigenvalue weighted by Gasteiger charge is 2.20. The van der Waals surface area contributed by atoms with Crippen molar-refractivity contribution in [3.8, 4) is 5.75 Å². The standard InChI is InChI=1S/C20H26FN3O.HI/c1-20(2,16-8-6-5-7-9-16)14-24-19(22-3)23-13-15-10-11-18(25-4)17(21)12-15;/h5-12H,13-14H2,1-4H3,(H2,22,23,24);1H. The molecule has 0 saturated carbocycles. The largest absolute Gasteiger partial charge is 0.494 e. The molecule has 0 aliphatic rings. The maximum absolute atomic E-state index is 13.8. The van der Waals surface area contributed by atoms with Crippen molar-refractivity contribution in [2.75, 3.05) is 20.7 Å². The first kappa shape index (κ1) is 22.2. The SMILES string of the molecule is CN=C(NCc1ccc(OC)c(F)c1)NCC(C)(C)c1ccccc1.I. The smallest absolute Gasteiger partial charge is 0.191 e. The van der Waals surface area contributed by atoms with E-state index in [9.17, 15) is 4.39 Å². The van der Waals surface area contributed by atoms with Gasteiger partial charge in [0.05, 0.1) is 7.11 Å². The van der Waals surface area contributed by atoms with E-state index in [0.717, 1.165) is 12.1 Å². The topological polar surface area (TPSA) is 45.7 Å². The number of ether oxygens (including phenoxy) is 1. The third kappa shape index (κ3) is 6.16. The van der Waals surface area contributed by atoms with E-state index in [1.807, 2.05) is 24.3 Å². The molecule has 4 nitrogen and oxygen atoms in total. The molecular formula is C20H27FIN3O. The predicted octanol–water partition coefficient (Wildman–Crippen LogP) is 4.10. The van der Waals surface area contributed by atoms with Crippen molar-refractivity contribution in [2.24, 2.45) is 4.99 Å². The molecule has 0 bridgehead atoms. The quantitative estimate of drug-likeness (QED) is 0.379. The van der Waals surface area contributed by atoms with Crippen LogP contribution in [0.5, 0.6) is 5.75 Å². The van der Waals surface area contributed by atoms with E-state index < -0.39 is 0 Å². The zero-order chi connectivity index (χ0) is 18.3. The fraction of sp³-hybridized carbons (Fsp3) is 0.350. The molecule has 0 fully saturated rings. The molecule has 0 atom stereocenters. The van der Waals surface area contributed by atoms with Gasteiger partial charge in [0, 0.05) is 25.6 Å². The Kier molecular flexibility index (Phi) is 8.84. The highest BCUT2D eigenvalue weighted by atomic mass is 127. The Hall–Kier alpha value is -1.83. The molecule has 0 spiro atoms. The van der Waals surface area contributed by atoms with Crippen molar-refractivity contribution >= 4 is 29.9 Å². The zero-order valence-corrected chi connectivity index (χ0v) is 18.0. The van der Waals surface area contributed by atoms with E-state index in [4.69, 9.17) is 4.74 Å². The maximum Gasteiger partial charge on any atom is 0.191 e. The first-order chi connectivity index (χ1) is 12.0. The summed E-state index contributed by atoms with van der Waals surface area (Å²) in [6.45, 7) is 5.57. The number of rotatable bonds is 6. The van der Waals surface area contributed by atoms with E-state index >= 15 is 0 Å². The molecule has 0 aliphatic heterocycles. The van der Waals surface area contributed by atoms with Gasteiger partial charge in [-0.15, -0.1) is 24.0 Å². The Morgan fingerprint density at radius 3 is 2.38 bits per heavy atom. The molecule has 0 aliphatic carbocycles. The lowest BCUT2D eigenvalue weighted by atomic mass is 9.85. The molecule has 26 heavy (non-hydrogen) atoms. The average molecular weight is 471 g/mol. The van der Waals surface area contributed by atoms with E-state index in [-0.39, 0.29) is 41.0 Å². The summed E-state index contributed by atoms with van der Waals surface area (Å²) in [5.74, 6) is 0.561. The van der Waals surface area contributed by atoms with Crippen molar-refractivity contribution in [3.63, 3.8) is 0 Å². The van der Waals surface area contributed by atoms with Gasteiger partial charge in [0.2, 0.25) is 0 Å². The number of hydrogen-bond acceptors (Lipinski definition) is 2. The van der Waals surface area contributed by atoms with Crippen LogP contribution in [-0.2, 0) is 12.0 Å². The van der Waals surface area contributed by atoms with Crippen LogP contribution in [0.1, 0.15) is 25.0 Å². The Bertz CT molecular complexity index is 720. The lowest BCUT2D eigenvalue weighted by molar-refractivity contribution is 0.386. The summed E-state index contributed by atoms with van der Waals surface area (Å²) in [7, 11) is 3.18. The van der Waals surface area contributed by atoms with Crippen LogP contribution >= 0.6 is 24.0 Å². The van der Waals surface area contributed by atoms with Crippen LogP contribution in [0.2, 0.25) is 0 Å². The summed E-state index contributed by atoms with van der Waals surface area (Å²) >= 11 is 0. The first-order valence-electron chi connectivity index (χ1n) is 8.29. The Labute approximate surface area is 172 Å². The van der Waals surface area contributed by atoms with Crippen LogP contribution < -0.4 is 15.4 Å². The minimum absolute atomic E-state index is 0. The first-order valence-corrected chi connectivity index (χ1v) is 8.29. The highest BCUT2D eigenvalue weighted by molar-refractivity contribution is 14.0. The number of benzene rings is 2. The third-order valence-corrected chi connectivity index (χ3v) is 4.15. The van der Waals surface area contributed by atoms with E-state index in [2.05, 4.69) is 41.6 Å². The van der Waals surface area contributed by atoms with Gasteiger partial charge in [0.15, 0.2) is 17.5 Å². The molecule has 0 unspecified atom stereocenters. The molecular weight excluding hydrogens is 444 g/mol. The van der Waals surface area contributed by atoms with Gasteiger partial charge in [0.1, 0.15) is 0 Å². The average Bonchev–Trinajstić information content (AvgIpc) is 2.62. The lowest BCUT2D eigenvalue weighted by Gasteiger charge is -2.26. The molecule has 142 valence electrons. The summed E-state index contributed by atoms with van der Waals surface area (Å²) in [5, 5.41) is 6.54. The molecule has 0 amide bonds. The predicted molar refractivity (Wildman–Crippen MR) is 116 cm³/mol. The number of nitrogens with one attached hydrogen (secondary N) is 2. The van der Waals surface area contributed by atoms with E-state index in [0.29, 0.717) is 12.5 Å². The minimum Gasteiger partial charge on any atom is -0.494 e. The summed E-state index contributed by atoms with van der Waals surface area (Å²) in [4.78, 5) is 4.23. The molecule has 2 N–H and O–H groups in total. The summed E-state index contributed by atoms with van der Waals surface area (Å²) in [6.07, 6.45) is 0. The number of guanidine groups is 1. The second kappa shape index (κ2) is 10.4. The molecule has 0 heterocycles. The molecule has 2 aromatic rings. The number of nitrogens with zero attached hydrogens (tertiary/aromatic N) is 1. The van der Waals surface area contributed by atoms with Crippen LogP contribution in [0.25, 0.3) is 0 Å². The van der Waals surface area contributed by atoms with Crippen LogP contribution in [-0.4, -0.2) is 26.7 Å². The van der Waals surface area contributed by atoms with Gasteiger partial charge in [0.25, 0.3) is 0 Å². The Morgan fingerprint density at radius 2 is 1.81 bits per heavy atom. The minimum atomic E-state index is -0.366. The summed E-state index contributed by atoms with van der Waals surface area (Å²) < 4.78 is 18.7. The van der Waals surface area contributed by atoms with Crippen LogP contribution in [0.15, 0.2) is 53.5 Å². The van der Waals surface area contributed by atoms with Gasteiger partial charge in [-0.25, -0.2) is 4.39 Å². The van der Waals surface area contributed by atoms with E-state index in [1.54, 1.807) is 13.1 Å². The summed E-state index contributed by atoms with van der Waals surface area (Å²) in [6, 6.07) is 15.3. The number of aliphatic imine (C=N–C) groups is 1. The number of hydrogen-bond donors (Lipinski definition) is 2. The monoisotopic (exact) mass is 471 g/mol. The van der Waals surface area contributed by atoms with E-state index in [1.165, 1.54) is 18.7 Å². The third-order valence-electron chi connectivity index (χ3n) is 4.15. The van der Waals surface area contributed by atoms with Gasteiger partial charge in [-0.3, -0.25) is 4.99 Å². The normalized spacial score (nSPS) is 11.5. The molecule has 0 radical (unpaired) electrons. The lowest BCUT2D eigenvalue weighted by Crippen LogP contribution is -2.43. The molecule has 0 aromatic heterocycles.